The van der Waals surface area contributed by atoms with Crippen LogP contribution in [0.3, 0.4) is 0 Å². The van der Waals surface area contributed by atoms with Crippen LogP contribution in [0.2, 0.25) is 5.02 Å². The van der Waals surface area contributed by atoms with E-state index in [1.54, 1.807) is 41.3 Å². The molecule has 2 heterocycles. The largest absolute Gasteiger partial charge is 0.463 e. The molecule has 2 aromatic rings. The third-order valence-corrected chi connectivity index (χ3v) is 7.04. The minimum Gasteiger partial charge on any atom is -0.463 e. The lowest BCUT2D eigenvalue weighted by Gasteiger charge is -2.44. The van der Waals surface area contributed by atoms with Crippen molar-refractivity contribution in [1.29, 1.82) is 0 Å². The normalized spacial score (nSPS) is 24.1. The SMILES string of the molecule is [2H]CC(=O)OC[C@H]1OC(Oc2ccc(-c3ccc(C(=O)N4CCOCC4)cc3)cc2Cl)[C@@H](OC(=O)C[2H])[C@@H](OC(=O)C[2H])[C@@H]1OC(=O)C[2H]. The highest BCUT2D eigenvalue weighted by atomic mass is 35.5. The third kappa shape index (κ3) is 8.93. The monoisotopic (exact) mass is 651 g/mol. The lowest BCUT2D eigenvalue weighted by Crippen LogP contribution is -2.63. The fourth-order valence-corrected chi connectivity index (χ4v) is 5.02. The van der Waals surface area contributed by atoms with Crippen molar-refractivity contribution in [1.82, 2.24) is 4.90 Å². The van der Waals surface area contributed by atoms with Crippen LogP contribution >= 0.6 is 11.6 Å². The Hall–Kier alpha value is -4.20. The summed E-state index contributed by atoms with van der Waals surface area (Å²) in [5.41, 5.74) is 1.88. The van der Waals surface area contributed by atoms with E-state index in [1.165, 1.54) is 6.07 Å². The second kappa shape index (κ2) is 15.2. The highest BCUT2D eigenvalue weighted by molar-refractivity contribution is 6.32. The van der Waals surface area contributed by atoms with Gasteiger partial charge >= 0.3 is 23.9 Å². The summed E-state index contributed by atoms with van der Waals surface area (Å²) in [4.78, 5) is 63.2. The molecule has 0 N–H and O–H groups in total. The van der Waals surface area contributed by atoms with Gasteiger partial charge in [-0.3, -0.25) is 24.0 Å². The van der Waals surface area contributed by atoms with Gasteiger partial charge in [0.1, 0.15) is 18.5 Å². The third-order valence-electron chi connectivity index (χ3n) is 6.74. The molecule has 2 saturated heterocycles. The van der Waals surface area contributed by atoms with E-state index in [0.29, 0.717) is 37.4 Å². The highest BCUT2D eigenvalue weighted by Crippen LogP contribution is 2.35. The Labute approximate surface area is 270 Å². The molecule has 0 bridgehead atoms. The standard InChI is InChI=1S/C31H34ClNO12/c1-17(34)40-16-26-27(41-18(2)35)28(42-19(3)36)29(43-20(4)37)31(45-26)44-25-10-9-23(15-24(25)32)21-5-7-22(8-6-21)30(38)33-11-13-39-14-12-33/h5-10,15,26-29,31H,11-14,16H2,1-4H3/t26-,27-,28+,29+,31?/m1/s1/i1D,2D,3D,4D. The second-order valence-corrected chi connectivity index (χ2v) is 10.2. The van der Waals surface area contributed by atoms with Crippen molar-refractivity contribution >= 4 is 41.4 Å². The zero-order chi connectivity index (χ0) is 35.5. The second-order valence-electron chi connectivity index (χ2n) is 9.83. The number of halogens is 1. The van der Waals surface area contributed by atoms with Crippen LogP contribution < -0.4 is 4.74 Å². The van der Waals surface area contributed by atoms with E-state index in [2.05, 4.69) is 0 Å². The summed E-state index contributed by atoms with van der Waals surface area (Å²) in [5.74, 6) is -4.40. The minimum absolute atomic E-state index is 0.00414. The zero-order valence-electron chi connectivity index (χ0n) is 28.0. The van der Waals surface area contributed by atoms with Crippen molar-refractivity contribution in [3.63, 3.8) is 0 Å². The molecule has 2 fully saturated rings. The number of nitrogens with zero attached hydrogens (tertiary/aromatic N) is 1. The predicted molar refractivity (Wildman–Crippen MR) is 156 cm³/mol. The number of rotatable bonds is 9. The summed E-state index contributed by atoms with van der Waals surface area (Å²) >= 11 is 6.60. The Morgan fingerprint density at radius 2 is 1.42 bits per heavy atom. The maximum atomic E-state index is 12.8. The molecule has 2 aliphatic rings. The van der Waals surface area contributed by atoms with Crippen LogP contribution in [-0.2, 0) is 47.6 Å². The van der Waals surface area contributed by atoms with E-state index in [4.69, 9.17) is 50.2 Å². The summed E-state index contributed by atoms with van der Waals surface area (Å²) in [7, 11) is 0. The number of benzene rings is 2. The van der Waals surface area contributed by atoms with Crippen molar-refractivity contribution in [2.75, 3.05) is 32.9 Å². The van der Waals surface area contributed by atoms with Gasteiger partial charge in [-0.1, -0.05) is 29.8 Å². The van der Waals surface area contributed by atoms with E-state index in [9.17, 15) is 24.0 Å². The van der Waals surface area contributed by atoms with E-state index >= 15 is 0 Å². The Morgan fingerprint density at radius 1 is 0.822 bits per heavy atom. The summed E-state index contributed by atoms with van der Waals surface area (Å²) in [6.07, 6.45) is -8.15. The number of esters is 4. The molecule has 1 amide bonds. The molecule has 0 radical (unpaired) electrons. The number of carbonyl (C=O) groups is 5. The first-order chi connectivity index (χ1) is 23.6. The van der Waals surface area contributed by atoms with Crippen LogP contribution in [0, 0.1) is 0 Å². The molecule has 0 saturated carbocycles. The number of morpholine rings is 1. The highest BCUT2D eigenvalue weighted by Gasteiger charge is 2.53. The smallest absolute Gasteiger partial charge is 0.303 e. The van der Waals surface area contributed by atoms with Crippen molar-refractivity contribution in [3.05, 3.63) is 53.1 Å². The van der Waals surface area contributed by atoms with Gasteiger partial charge in [0.05, 0.1) is 18.2 Å². The van der Waals surface area contributed by atoms with Crippen LogP contribution in [0.5, 0.6) is 5.75 Å². The molecule has 13 nitrogen and oxygen atoms in total. The van der Waals surface area contributed by atoms with E-state index in [-0.39, 0.29) is 16.7 Å². The minimum atomic E-state index is -1.71. The molecule has 5 atom stereocenters. The fourth-order valence-electron chi connectivity index (χ4n) is 4.79. The fraction of sp³-hybridized carbons (Fsp3) is 0.452. The van der Waals surface area contributed by atoms with Crippen molar-refractivity contribution in [3.8, 4) is 16.9 Å². The first-order valence-corrected chi connectivity index (χ1v) is 14.0. The molecule has 14 heteroatoms. The summed E-state index contributed by atoms with van der Waals surface area (Å²) in [5, 5.41) is 0.0554. The van der Waals surface area contributed by atoms with Gasteiger partial charge < -0.3 is 38.1 Å². The predicted octanol–water partition coefficient (Wildman–Crippen LogP) is 2.94. The maximum Gasteiger partial charge on any atom is 0.303 e. The van der Waals surface area contributed by atoms with Gasteiger partial charge in [-0.2, -0.15) is 0 Å². The van der Waals surface area contributed by atoms with Crippen LogP contribution in [0.1, 0.15) is 43.4 Å². The molecule has 1 unspecified atom stereocenters. The van der Waals surface area contributed by atoms with Crippen molar-refractivity contribution in [2.24, 2.45) is 0 Å². The molecule has 0 spiro atoms. The average molecular weight is 652 g/mol. The van der Waals surface area contributed by atoms with Crippen LogP contribution in [-0.4, -0.2) is 98.3 Å². The number of hydrogen-bond acceptors (Lipinski definition) is 12. The first kappa shape index (κ1) is 28.3. The zero-order valence-corrected chi connectivity index (χ0v) is 24.8. The molecule has 4 rings (SSSR count). The maximum absolute atomic E-state index is 12.8. The molecule has 242 valence electrons. The Morgan fingerprint density at radius 3 is 2.04 bits per heavy atom. The number of carbonyl (C=O) groups excluding carboxylic acids is 5. The first-order valence-electron chi connectivity index (χ1n) is 16.4. The Balaban J connectivity index is 1.62. The number of ether oxygens (including phenoxy) is 7. The molecule has 2 aromatic carbocycles. The lowest BCUT2D eigenvalue weighted by molar-refractivity contribution is -0.288. The van der Waals surface area contributed by atoms with Crippen LogP contribution in [0.4, 0.5) is 0 Å². The Bertz CT molecular complexity index is 1490. The van der Waals surface area contributed by atoms with Crippen LogP contribution in [0.25, 0.3) is 11.1 Å². The van der Waals surface area contributed by atoms with Crippen LogP contribution in [0.15, 0.2) is 42.5 Å². The Kier molecular flexibility index (Phi) is 9.55. The van der Waals surface area contributed by atoms with E-state index < -0.39 is 88.8 Å². The molecule has 0 aromatic heterocycles. The van der Waals surface area contributed by atoms with Gasteiger partial charge in [0.2, 0.25) is 12.4 Å². The summed E-state index contributed by atoms with van der Waals surface area (Å²) in [6, 6.07) is 11.6. The van der Waals surface area contributed by atoms with Gasteiger partial charge in [0.15, 0.2) is 12.2 Å². The van der Waals surface area contributed by atoms with Crippen molar-refractivity contribution in [2.45, 2.75) is 58.3 Å². The summed E-state index contributed by atoms with van der Waals surface area (Å²) < 4.78 is 67.7. The average Bonchev–Trinajstić information content (AvgIpc) is 3.13. The quantitative estimate of drug-likeness (QED) is 0.289. The summed E-state index contributed by atoms with van der Waals surface area (Å²) in [6.45, 7) is -2.02. The van der Waals surface area contributed by atoms with Gasteiger partial charge in [0, 0.05) is 51.7 Å². The molecular weight excluding hydrogens is 614 g/mol. The molecule has 2 aliphatic heterocycles. The number of amides is 1. The molecule has 45 heavy (non-hydrogen) atoms. The lowest BCUT2D eigenvalue weighted by atomic mass is 9.98. The van der Waals surface area contributed by atoms with Gasteiger partial charge in [-0.25, -0.2) is 0 Å². The topological polar surface area (TPSA) is 153 Å². The van der Waals surface area contributed by atoms with Crippen molar-refractivity contribution < 1.29 is 62.6 Å². The number of hydrogen-bond donors (Lipinski definition) is 0. The molecule has 0 aliphatic carbocycles. The van der Waals surface area contributed by atoms with Gasteiger partial charge in [-0.05, 0) is 35.4 Å². The van der Waals surface area contributed by atoms with E-state index in [0.717, 1.165) is 5.56 Å². The molecular formula is C31H34ClNO12. The van der Waals surface area contributed by atoms with E-state index in [1.807, 2.05) is 0 Å². The van der Waals surface area contributed by atoms with Gasteiger partial charge in [0.25, 0.3) is 5.91 Å². The van der Waals surface area contributed by atoms with Gasteiger partial charge in [-0.15, -0.1) is 0 Å².